The minimum atomic E-state index is -0.974. The normalized spacial score (nSPS) is 17.1. The van der Waals surface area contributed by atoms with Crippen molar-refractivity contribution >= 4 is 17.5 Å². The summed E-state index contributed by atoms with van der Waals surface area (Å²) in [4.78, 5) is 29.9. The Morgan fingerprint density at radius 1 is 1.29 bits per heavy atom. The van der Waals surface area contributed by atoms with Gasteiger partial charge in [-0.2, -0.15) is 4.98 Å². The van der Waals surface area contributed by atoms with Crippen LogP contribution >= 0.6 is 0 Å². The molecule has 1 aliphatic rings. The molecule has 2 amide bonds. The topological polar surface area (TPSA) is 88.3 Å². The molecule has 1 fully saturated rings. The van der Waals surface area contributed by atoms with Gasteiger partial charge in [-0.15, -0.1) is 0 Å². The summed E-state index contributed by atoms with van der Waals surface area (Å²) in [5, 5.41) is 6.21. The molecular formula is C19H22F2N4O3. The average Bonchev–Trinajstić information content (AvgIpc) is 3.14. The minimum Gasteiger partial charge on any atom is -0.339 e. The lowest BCUT2D eigenvalue weighted by atomic mass is 9.97. The Kier molecular flexibility index (Phi) is 5.71. The number of halogens is 2. The lowest BCUT2D eigenvalue weighted by Crippen LogP contribution is -2.39. The number of nitrogens with one attached hydrogen (secondary N) is 1. The summed E-state index contributed by atoms with van der Waals surface area (Å²) < 4.78 is 33.4. The largest absolute Gasteiger partial charge is 0.339 e. The van der Waals surface area contributed by atoms with Gasteiger partial charge in [-0.1, -0.05) is 19.0 Å². The van der Waals surface area contributed by atoms with Crippen LogP contribution in [-0.2, 0) is 4.79 Å². The van der Waals surface area contributed by atoms with Gasteiger partial charge in [0.15, 0.2) is 5.82 Å². The SMILES string of the molecule is CC(=O)Nc1cc(C(=O)N2CCCC(c3nc(C(C)C)no3)C2)c(F)cc1F. The van der Waals surface area contributed by atoms with E-state index in [-0.39, 0.29) is 23.1 Å². The van der Waals surface area contributed by atoms with E-state index < -0.39 is 23.4 Å². The summed E-state index contributed by atoms with van der Waals surface area (Å²) in [6, 6.07) is 1.63. The van der Waals surface area contributed by atoms with Crippen molar-refractivity contribution in [3.05, 3.63) is 41.0 Å². The number of likely N-dealkylation sites (tertiary alicyclic amines) is 1. The van der Waals surface area contributed by atoms with Crippen LogP contribution in [0.4, 0.5) is 14.5 Å². The zero-order valence-corrected chi connectivity index (χ0v) is 16.0. The highest BCUT2D eigenvalue weighted by Crippen LogP contribution is 2.29. The van der Waals surface area contributed by atoms with Gasteiger partial charge in [0, 0.05) is 32.0 Å². The molecule has 1 N–H and O–H groups in total. The zero-order chi connectivity index (χ0) is 20.4. The van der Waals surface area contributed by atoms with Crippen LogP contribution in [0.25, 0.3) is 0 Å². The highest BCUT2D eigenvalue weighted by Gasteiger charge is 2.31. The van der Waals surface area contributed by atoms with Crippen molar-refractivity contribution in [1.82, 2.24) is 15.0 Å². The lowest BCUT2D eigenvalue weighted by molar-refractivity contribution is -0.114. The Morgan fingerprint density at radius 3 is 2.68 bits per heavy atom. The van der Waals surface area contributed by atoms with Gasteiger partial charge >= 0.3 is 0 Å². The molecule has 3 rings (SSSR count). The number of benzene rings is 1. The zero-order valence-electron chi connectivity index (χ0n) is 16.0. The van der Waals surface area contributed by atoms with Crippen molar-refractivity contribution < 1.29 is 22.9 Å². The maximum Gasteiger partial charge on any atom is 0.256 e. The molecule has 2 heterocycles. The van der Waals surface area contributed by atoms with Crippen LogP contribution in [0.3, 0.4) is 0 Å². The quantitative estimate of drug-likeness (QED) is 0.861. The van der Waals surface area contributed by atoms with Gasteiger partial charge in [0.1, 0.15) is 11.6 Å². The second kappa shape index (κ2) is 8.04. The molecular weight excluding hydrogens is 370 g/mol. The maximum absolute atomic E-state index is 14.2. The van der Waals surface area contributed by atoms with E-state index in [1.54, 1.807) is 0 Å². The van der Waals surface area contributed by atoms with Crippen LogP contribution in [0.15, 0.2) is 16.7 Å². The summed E-state index contributed by atoms with van der Waals surface area (Å²) >= 11 is 0. The number of carbonyl (C=O) groups excluding carboxylic acids is 2. The first kappa shape index (κ1) is 19.9. The molecule has 28 heavy (non-hydrogen) atoms. The third-order valence-electron chi connectivity index (χ3n) is 4.63. The fraction of sp³-hybridized carbons (Fsp3) is 0.474. The Hall–Kier alpha value is -2.84. The molecule has 7 nitrogen and oxygen atoms in total. The van der Waals surface area contributed by atoms with Crippen molar-refractivity contribution in [3.63, 3.8) is 0 Å². The van der Waals surface area contributed by atoms with Crippen LogP contribution in [0.1, 0.15) is 67.5 Å². The molecule has 1 atom stereocenters. The van der Waals surface area contributed by atoms with Gasteiger partial charge in [-0.05, 0) is 18.9 Å². The van der Waals surface area contributed by atoms with Gasteiger partial charge in [-0.25, -0.2) is 8.78 Å². The first-order valence-electron chi connectivity index (χ1n) is 9.15. The standard InChI is InChI=1S/C19H22F2N4O3/c1-10(2)17-23-18(28-24-17)12-5-4-6-25(9-12)19(27)13-7-16(22-11(3)26)15(21)8-14(13)20/h7-8,10,12H,4-6,9H2,1-3H3,(H,22,26). The van der Waals surface area contributed by atoms with Gasteiger partial charge in [-0.3, -0.25) is 9.59 Å². The molecule has 1 aliphatic heterocycles. The van der Waals surface area contributed by atoms with Crippen molar-refractivity contribution in [1.29, 1.82) is 0 Å². The van der Waals surface area contributed by atoms with E-state index in [1.165, 1.54) is 11.8 Å². The lowest BCUT2D eigenvalue weighted by Gasteiger charge is -2.31. The van der Waals surface area contributed by atoms with Crippen LogP contribution < -0.4 is 5.32 Å². The van der Waals surface area contributed by atoms with Crippen molar-refractivity contribution in [2.75, 3.05) is 18.4 Å². The molecule has 0 spiro atoms. The number of piperidine rings is 1. The van der Waals surface area contributed by atoms with E-state index in [9.17, 15) is 18.4 Å². The van der Waals surface area contributed by atoms with E-state index in [1.807, 2.05) is 13.8 Å². The Balaban J connectivity index is 1.81. The minimum absolute atomic E-state index is 0.124. The maximum atomic E-state index is 14.2. The summed E-state index contributed by atoms with van der Waals surface area (Å²) in [6.07, 6.45) is 1.46. The Labute approximate surface area is 161 Å². The number of carbonyl (C=O) groups is 2. The predicted molar refractivity (Wildman–Crippen MR) is 96.9 cm³/mol. The summed E-state index contributed by atoms with van der Waals surface area (Å²) in [5.41, 5.74) is -0.525. The summed E-state index contributed by atoms with van der Waals surface area (Å²) in [6.45, 7) is 5.84. The molecule has 0 bridgehead atoms. The van der Waals surface area contributed by atoms with Crippen molar-refractivity contribution in [2.45, 2.75) is 45.4 Å². The average molecular weight is 392 g/mol. The molecule has 0 aliphatic carbocycles. The van der Waals surface area contributed by atoms with E-state index >= 15 is 0 Å². The monoisotopic (exact) mass is 392 g/mol. The summed E-state index contributed by atoms with van der Waals surface area (Å²) in [7, 11) is 0. The number of nitrogens with zero attached hydrogens (tertiary/aromatic N) is 3. The number of aromatic nitrogens is 2. The molecule has 1 aromatic carbocycles. The fourth-order valence-corrected chi connectivity index (χ4v) is 3.18. The van der Waals surface area contributed by atoms with E-state index in [4.69, 9.17) is 4.52 Å². The van der Waals surface area contributed by atoms with Gasteiger partial charge in [0.2, 0.25) is 11.8 Å². The molecule has 2 aromatic rings. The van der Waals surface area contributed by atoms with Crippen molar-refractivity contribution in [2.24, 2.45) is 0 Å². The second-order valence-electron chi connectivity index (χ2n) is 7.23. The molecule has 1 unspecified atom stereocenters. The first-order valence-corrected chi connectivity index (χ1v) is 9.15. The van der Waals surface area contributed by atoms with Crippen LogP contribution in [-0.4, -0.2) is 39.9 Å². The van der Waals surface area contributed by atoms with Crippen molar-refractivity contribution in [3.8, 4) is 0 Å². The van der Waals surface area contributed by atoms with Gasteiger partial charge in [0.05, 0.1) is 17.2 Å². The highest BCUT2D eigenvalue weighted by atomic mass is 19.1. The highest BCUT2D eigenvalue weighted by molar-refractivity contribution is 5.97. The van der Waals surface area contributed by atoms with Gasteiger partial charge < -0.3 is 14.7 Å². The van der Waals surface area contributed by atoms with Crippen LogP contribution in [0.2, 0.25) is 0 Å². The first-order chi connectivity index (χ1) is 13.3. The number of amides is 2. The fourth-order valence-electron chi connectivity index (χ4n) is 3.18. The number of anilines is 1. The van der Waals surface area contributed by atoms with Crippen LogP contribution in [0, 0.1) is 11.6 Å². The molecule has 0 saturated carbocycles. The molecule has 0 radical (unpaired) electrons. The predicted octanol–water partition coefficient (Wildman–Crippen LogP) is 3.45. The third kappa shape index (κ3) is 4.18. The molecule has 1 saturated heterocycles. The second-order valence-corrected chi connectivity index (χ2v) is 7.23. The Morgan fingerprint density at radius 2 is 2.04 bits per heavy atom. The smallest absolute Gasteiger partial charge is 0.256 e. The van der Waals surface area contributed by atoms with E-state index in [2.05, 4.69) is 15.5 Å². The molecule has 150 valence electrons. The number of hydrogen-bond acceptors (Lipinski definition) is 5. The number of hydrogen-bond donors (Lipinski definition) is 1. The van der Waals surface area contributed by atoms with Crippen LogP contribution in [0.5, 0.6) is 0 Å². The Bertz CT molecular complexity index is 897. The molecule has 9 heteroatoms. The molecule has 1 aromatic heterocycles. The summed E-state index contributed by atoms with van der Waals surface area (Å²) in [5.74, 6) is -1.96. The third-order valence-corrected chi connectivity index (χ3v) is 4.63. The van der Waals surface area contributed by atoms with E-state index in [0.717, 1.165) is 12.5 Å². The van der Waals surface area contributed by atoms with Gasteiger partial charge in [0.25, 0.3) is 5.91 Å². The van der Waals surface area contributed by atoms with E-state index in [0.29, 0.717) is 37.3 Å². The number of rotatable bonds is 4.